The van der Waals surface area contributed by atoms with Crippen molar-refractivity contribution in [2.45, 2.75) is 80.1 Å². The zero-order valence-electron chi connectivity index (χ0n) is 25.9. The van der Waals surface area contributed by atoms with Gasteiger partial charge in [-0.15, -0.1) is 0 Å². The molecule has 0 atom stereocenters. The van der Waals surface area contributed by atoms with Crippen LogP contribution in [0.1, 0.15) is 84.8 Å². The monoisotopic (exact) mass is 581 g/mol. The van der Waals surface area contributed by atoms with E-state index in [2.05, 4.69) is 67.6 Å². The maximum atomic E-state index is 11.6. The summed E-state index contributed by atoms with van der Waals surface area (Å²) < 4.78 is 2.00. The van der Waals surface area contributed by atoms with E-state index in [1.807, 2.05) is 24.5 Å². The molecule has 0 aromatic carbocycles. The molecular formula is C35H41N4O4+. The summed E-state index contributed by atoms with van der Waals surface area (Å²) in [6.07, 6.45) is 10.9. The summed E-state index contributed by atoms with van der Waals surface area (Å²) >= 11 is 0. The van der Waals surface area contributed by atoms with E-state index in [0.29, 0.717) is 12.8 Å². The fourth-order valence-corrected chi connectivity index (χ4v) is 6.60. The van der Waals surface area contributed by atoms with Crippen LogP contribution in [0.3, 0.4) is 0 Å². The molecule has 8 bridgehead atoms. The van der Waals surface area contributed by atoms with Gasteiger partial charge in [0, 0.05) is 68.9 Å². The van der Waals surface area contributed by atoms with Gasteiger partial charge in [-0.3, -0.25) is 9.59 Å². The fourth-order valence-electron chi connectivity index (χ4n) is 6.60. The molecule has 0 unspecified atom stereocenters. The zero-order chi connectivity index (χ0) is 31.2. The lowest BCUT2D eigenvalue weighted by molar-refractivity contribution is -0.391. The highest BCUT2D eigenvalue weighted by Gasteiger charge is 2.30. The van der Waals surface area contributed by atoms with E-state index >= 15 is 0 Å². The summed E-state index contributed by atoms with van der Waals surface area (Å²) in [6.45, 7) is 17.1. The maximum absolute atomic E-state index is 11.6. The van der Waals surface area contributed by atoms with Crippen molar-refractivity contribution >= 4 is 43.0 Å². The van der Waals surface area contributed by atoms with Crippen LogP contribution in [-0.2, 0) is 28.9 Å². The number of rotatable bonds is 8. The zero-order valence-corrected chi connectivity index (χ0v) is 25.9. The summed E-state index contributed by atoms with van der Waals surface area (Å²) in [4.78, 5) is 34.0. The van der Waals surface area contributed by atoms with Crippen LogP contribution < -0.4 is 21.4 Å². The van der Waals surface area contributed by atoms with Crippen LogP contribution in [0.4, 0.5) is 0 Å². The number of aromatic amines is 3. The van der Waals surface area contributed by atoms with Gasteiger partial charge in [0.2, 0.25) is 11.4 Å². The Morgan fingerprint density at radius 2 is 1.21 bits per heavy atom. The molecular weight excluding hydrogens is 540 g/mol. The number of hydrogen-bond acceptors (Lipinski definition) is 2. The van der Waals surface area contributed by atoms with Crippen LogP contribution >= 0.6 is 0 Å². The third-order valence-corrected chi connectivity index (χ3v) is 9.11. The molecule has 8 heteroatoms. The van der Waals surface area contributed by atoms with Crippen molar-refractivity contribution in [3.05, 3.63) is 88.7 Å². The van der Waals surface area contributed by atoms with Gasteiger partial charge in [0.25, 0.3) is 0 Å². The minimum absolute atomic E-state index is 0.00549. The quantitative estimate of drug-likeness (QED) is 0.262. The third kappa shape index (κ3) is 5.38. The van der Waals surface area contributed by atoms with Gasteiger partial charge >= 0.3 is 11.9 Å². The molecule has 5 N–H and O–H groups in total. The second-order valence-corrected chi connectivity index (χ2v) is 11.5. The predicted molar refractivity (Wildman–Crippen MR) is 170 cm³/mol. The fraction of sp³-hybridized carbons (Fsp3) is 0.343. The van der Waals surface area contributed by atoms with Gasteiger partial charge in [-0.05, 0) is 98.9 Å². The Kier molecular flexibility index (Phi) is 8.06. The topological polar surface area (TPSA) is 125 Å². The molecule has 0 amide bonds. The first-order valence-corrected chi connectivity index (χ1v) is 15.0. The normalized spacial score (nSPS) is 17.6. The second kappa shape index (κ2) is 11.6. The molecule has 5 rings (SSSR count). The van der Waals surface area contributed by atoms with E-state index in [1.165, 1.54) is 16.7 Å². The van der Waals surface area contributed by atoms with E-state index in [-0.39, 0.29) is 12.8 Å². The van der Waals surface area contributed by atoms with Crippen LogP contribution in [0.5, 0.6) is 0 Å². The summed E-state index contributed by atoms with van der Waals surface area (Å²) in [7, 11) is 0. The number of nitrogens with one attached hydrogen (secondary N) is 3. The summed E-state index contributed by atoms with van der Waals surface area (Å²) in [5.41, 5.74) is 12.4. The highest BCUT2D eigenvalue weighted by Crippen LogP contribution is 2.32. The Hall–Kier alpha value is -4.59. The lowest BCUT2D eigenvalue weighted by Crippen LogP contribution is -2.16. The summed E-state index contributed by atoms with van der Waals surface area (Å²) in [6, 6.07) is 0. The number of aliphatic carboxylic acids is 2. The Morgan fingerprint density at radius 3 is 1.79 bits per heavy atom. The molecule has 5 heterocycles. The minimum atomic E-state index is -0.854. The first-order chi connectivity index (χ1) is 20.4. The Balaban J connectivity index is 1.91. The van der Waals surface area contributed by atoms with E-state index in [4.69, 9.17) is 0 Å². The molecule has 0 aliphatic carbocycles. The molecule has 0 spiro atoms. The molecule has 224 valence electrons. The summed E-state index contributed by atoms with van der Waals surface area (Å²) in [5, 5.41) is 22.8. The molecule has 0 saturated heterocycles. The number of fused-ring (bicyclic) bond motifs is 8. The van der Waals surface area contributed by atoms with Crippen molar-refractivity contribution in [1.82, 2.24) is 15.0 Å². The first-order valence-electron chi connectivity index (χ1n) is 15.0. The molecule has 43 heavy (non-hydrogen) atoms. The van der Waals surface area contributed by atoms with Crippen molar-refractivity contribution in [3.8, 4) is 0 Å². The maximum Gasteiger partial charge on any atom is 0.303 e. The van der Waals surface area contributed by atoms with Gasteiger partial charge in [-0.1, -0.05) is 13.8 Å². The highest BCUT2D eigenvalue weighted by atomic mass is 16.4. The lowest BCUT2D eigenvalue weighted by Gasteiger charge is -2.01. The smallest absolute Gasteiger partial charge is 0.303 e. The van der Waals surface area contributed by atoms with Crippen molar-refractivity contribution < 1.29 is 24.4 Å². The van der Waals surface area contributed by atoms with E-state index in [9.17, 15) is 19.8 Å². The number of H-pyrrole nitrogens is 3. The number of hydrogen-bond donors (Lipinski definition) is 5. The van der Waals surface area contributed by atoms with E-state index in [0.717, 1.165) is 84.8 Å². The number of aromatic nitrogens is 3. The number of carboxylic acid groups (broad SMARTS) is 2. The third-order valence-electron chi connectivity index (χ3n) is 9.11. The van der Waals surface area contributed by atoms with Gasteiger partial charge in [-0.2, -0.15) is 4.58 Å². The van der Waals surface area contributed by atoms with Crippen LogP contribution in [0.15, 0.2) is 22.5 Å². The highest BCUT2D eigenvalue weighted by molar-refractivity contribution is 5.70. The van der Waals surface area contributed by atoms with Gasteiger partial charge in [0.05, 0.1) is 0 Å². The molecule has 2 aliphatic rings. The number of carbonyl (C=O) groups is 2. The van der Waals surface area contributed by atoms with Gasteiger partial charge in [0.15, 0.2) is 0 Å². The minimum Gasteiger partial charge on any atom is -0.481 e. The summed E-state index contributed by atoms with van der Waals surface area (Å²) in [5.74, 6) is -1.71. The van der Waals surface area contributed by atoms with Crippen LogP contribution in [0.2, 0.25) is 0 Å². The number of allylic oxidation sites excluding steroid dienone is 4. The molecule has 2 aliphatic heterocycles. The Morgan fingerprint density at radius 1 is 0.674 bits per heavy atom. The molecule has 0 fully saturated rings. The Labute approximate surface area is 250 Å². The molecule has 3 aromatic rings. The molecule has 0 saturated carbocycles. The van der Waals surface area contributed by atoms with Crippen LogP contribution in [0.25, 0.3) is 24.3 Å². The standard InChI is InChI=1S/C35H40N4O4/c1-8-22-18(3)28-17-33-23(9-2)21(6)32(39(33)7)16-27-20(5)25(11-13-35(42)43)31(38-27)15-30-24(10-12-34(40)41)19(4)26(36-30)14-29(22)37-28/h14-17,36-38H,7-13H2,1-6H3,(H-,40,41,42,43)/p+1/b26-14?,27-16-,28-17-,29-14-,30-15?,31-15-,32-16?,33-17?. The molecule has 3 aromatic heterocycles. The second-order valence-electron chi connectivity index (χ2n) is 11.5. The first kappa shape index (κ1) is 29.9. The average molecular weight is 582 g/mol. The SMILES string of the molecule is C=[N+]1C2=C(C)C(CC)=C1/C=c1\[nH]/c(c(CC)c1C)=C\c1[nH]c(c(CCC(=O)O)c1C)/C=c1\[nH]/c(c(C)c1CCC(=O)O)=C\2. The van der Waals surface area contributed by atoms with Crippen LogP contribution in [-0.4, -0.2) is 48.4 Å². The lowest BCUT2D eigenvalue weighted by atomic mass is 10.0. The van der Waals surface area contributed by atoms with Crippen LogP contribution in [0, 0.1) is 20.8 Å². The van der Waals surface area contributed by atoms with Crippen molar-refractivity contribution in [3.63, 3.8) is 0 Å². The van der Waals surface area contributed by atoms with E-state index in [1.54, 1.807) is 0 Å². The van der Waals surface area contributed by atoms with Gasteiger partial charge in [-0.25, -0.2) is 0 Å². The predicted octanol–water partition coefficient (Wildman–Crippen LogP) is 3.09. The van der Waals surface area contributed by atoms with E-state index < -0.39 is 11.9 Å². The number of carboxylic acids is 2. The van der Waals surface area contributed by atoms with Crippen molar-refractivity contribution in [1.29, 1.82) is 0 Å². The number of nitrogens with zero attached hydrogens (tertiary/aromatic N) is 1. The average Bonchev–Trinajstić information content (AvgIpc) is 3.59. The van der Waals surface area contributed by atoms with Crippen molar-refractivity contribution in [2.75, 3.05) is 0 Å². The van der Waals surface area contributed by atoms with Gasteiger partial charge in [0.1, 0.15) is 6.72 Å². The molecule has 8 nitrogen and oxygen atoms in total. The Bertz CT molecular complexity index is 2010. The van der Waals surface area contributed by atoms with Gasteiger partial charge < -0.3 is 25.2 Å². The molecule has 0 radical (unpaired) electrons. The largest absolute Gasteiger partial charge is 0.481 e. The van der Waals surface area contributed by atoms with Crippen molar-refractivity contribution in [2.24, 2.45) is 0 Å².